The van der Waals surface area contributed by atoms with E-state index in [9.17, 15) is 15.0 Å². The zero-order valence-electron chi connectivity index (χ0n) is 30.5. The van der Waals surface area contributed by atoms with Crippen LogP contribution >= 0.6 is 0 Å². The second kappa shape index (κ2) is 38.0. The summed E-state index contributed by atoms with van der Waals surface area (Å²) in [6.07, 6.45) is 55.4. The predicted octanol–water partition coefficient (Wildman–Crippen LogP) is 11.7. The van der Waals surface area contributed by atoms with E-state index in [0.29, 0.717) is 6.42 Å². The number of aliphatic hydroxyl groups excluding tert-OH is 2. The minimum absolute atomic E-state index is 0.0816. The van der Waals surface area contributed by atoms with E-state index in [1.165, 1.54) is 64.2 Å². The van der Waals surface area contributed by atoms with Crippen LogP contribution in [0.2, 0.25) is 0 Å². The molecule has 0 saturated heterocycles. The van der Waals surface area contributed by atoms with Gasteiger partial charge in [0.1, 0.15) is 0 Å². The van der Waals surface area contributed by atoms with Crippen LogP contribution in [0.5, 0.6) is 0 Å². The van der Waals surface area contributed by atoms with E-state index in [-0.39, 0.29) is 12.5 Å². The fourth-order valence-corrected chi connectivity index (χ4v) is 5.18. The van der Waals surface area contributed by atoms with Crippen molar-refractivity contribution in [1.29, 1.82) is 0 Å². The normalized spacial score (nSPS) is 14.0. The van der Waals surface area contributed by atoms with E-state index in [1.54, 1.807) is 6.08 Å². The Hall–Kier alpha value is -2.43. The summed E-state index contributed by atoms with van der Waals surface area (Å²) >= 11 is 0. The van der Waals surface area contributed by atoms with Gasteiger partial charge in [-0.1, -0.05) is 170 Å². The van der Waals surface area contributed by atoms with E-state index in [1.807, 2.05) is 6.08 Å². The van der Waals surface area contributed by atoms with Gasteiger partial charge in [0.2, 0.25) is 5.91 Å². The molecular formula is C43H73NO3. The van der Waals surface area contributed by atoms with E-state index < -0.39 is 12.1 Å². The van der Waals surface area contributed by atoms with Crippen molar-refractivity contribution in [1.82, 2.24) is 5.32 Å². The molecule has 4 nitrogen and oxygen atoms in total. The monoisotopic (exact) mass is 652 g/mol. The Kier molecular flexibility index (Phi) is 36.1. The van der Waals surface area contributed by atoms with Crippen molar-refractivity contribution < 1.29 is 15.0 Å². The molecule has 2 atom stereocenters. The van der Waals surface area contributed by atoms with Crippen LogP contribution in [0.4, 0.5) is 0 Å². The smallest absolute Gasteiger partial charge is 0.220 e. The summed E-state index contributed by atoms with van der Waals surface area (Å²) in [5, 5.41) is 22.8. The standard InChI is InChI=1S/C43H73NO3/c1-3-5-7-9-11-13-14-15-16-17-18-19-20-21-22-23-24-25-26-27-28-29-30-31-33-35-37-39-43(47)44-41(40-45)42(46)38-36-34-32-12-10-8-6-4-2/h5,7,11,13,15-16,18-19,21-22,24-25,36,38,41-42,45-46H,3-4,6,8-10,12,14,17,20,23,26-35,37,39-40H2,1-2H3,(H,44,47)/b7-5-,13-11-,16-15-,19-18-,22-21-,25-24-,38-36+. The largest absolute Gasteiger partial charge is 0.394 e. The van der Waals surface area contributed by atoms with Crippen molar-refractivity contribution in [3.8, 4) is 0 Å². The summed E-state index contributed by atoms with van der Waals surface area (Å²) in [5.41, 5.74) is 0. The minimum atomic E-state index is -0.844. The lowest BCUT2D eigenvalue weighted by molar-refractivity contribution is -0.123. The maximum Gasteiger partial charge on any atom is 0.220 e. The van der Waals surface area contributed by atoms with Gasteiger partial charge in [-0.3, -0.25) is 4.79 Å². The number of hydrogen-bond donors (Lipinski definition) is 3. The number of carbonyl (C=O) groups excluding carboxylic acids is 1. The number of aliphatic hydroxyl groups is 2. The highest BCUT2D eigenvalue weighted by Gasteiger charge is 2.17. The number of hydrogen-bond acceptors (Lipinski definition) is 3. The molecule has 0 aliphatic carbocycles. The van der Waals surface area contributed by atoms with Crippen LogP contribution in [0.1, 0.15) is 162 Å². The summed E-state index contributed by atoms with van der Waals surface area (Å²) < 4.78 is 0. The van der Waals surface area contributed by atoms with Gasteiger partial charge in [-0.05, 0) is 70.6 Å². The van der Waals surface area contributed by atoms with Crippen LogP contribution in [-0.2, 0) is 4.79 Å². The van der Waals surface area contributed by atoms with Gasteiger partial charge >= 0.3 is 0 Å². The highest BCUT2D eigenvalue weighted by Crippen LogP contribution is 2.12. The van der Waals surface area contributed by atoms with Crippen molar-refractivity contribution in [3.63, 3.8) is 0 Å². The topological polar surface area (TPSA) is 69.6 Å². The molecule has 0 aromatic carbocycles. The average Bonchev–Trinajstić information content (AvgIpc) is 3.07. The van der Waals surface area contributed by atoms with E-state index in [0.717, 1.165) is 77.0 Å². The van der Waals surface area contributed by atoms with Crippen LogP contribution in [0, 0.1) is 0 Å². The Balaban J connectivity index is 3.63. The SMILES string of the molecule is CC/C=C\C/C=C\C/C=C\C/C=C\C/C=C\C/C=C\CCCCCCCCCCC(=O)NC(CO)C(O)/C=C/CCCCCCCC. The molecule has 4 heteroatoms. The highest BCUT2D eigenvalue weighted by atomic mass is 16.3. The van der Waals surface area contributed by atoms with E-state index in [4.69, 9.17) is 0 Å². The molecule has 0 aromatic rings. The fraction of sp³-hybridized carbons (Fsp3) is 0.651. The summed E-state index contributed by atoms with van der Waals surface area (Å²) in [4.78, 5) is 12.3. The van der Waals surface area contributed by atoms with Gasteiger partial charge < -0.3 is 15.5 Å². The molecule has 0 aliphatic heterocycles. The Morgan fingerprint density at radius 1 is 0.532 bits per heavy atom. The maximum absolute atomic E-state index is 12.3. The Morgan fingerprint density at radius 2 is 0.936 bits per heavy atom. The lowest BCUT2D eigenvalue weighted by Crippen LogP contribution is -2.45. The molecule has 0 aliphatic rings. The molecule has 0 heterocycles. The van der Waals surface area contributed by atoms with Crippen molar-refractivity contribution in [2.24, 2.45) is 0 Å². The number of allylic oxidation sites excluding steroid dienone is 13. The van der Waals surface area contributed by atoms with Crippen LogP contribution in [0.25, 0.3) is 0 Å². The quantitative estimate of drug-likeness (QED) is 0.0488. The van der Waals surface area contributed by atoms with Gasteiger partial charge in [0.25, 0.3) is 0 Å². The molecule has 0 fully saturated rings. The number of nitrogens with one attached hydrogen (secondary N) is 1. The van der Waals surface area contributed by atoms with Crippen molar-refractivity contribution in [2.45, 2.75) is 174 Å². The molecule has 2 unspecified atom stereocenters. The Labute approximate surface area is 291 Å². The average molecular weight is 652 g/mol. The van der Waals surface area contributed by atoms with Crippen LogP contribution in [-0.4, -0.2) is 34.9 Å². The molecule has 268 valence electrons. The molecule has 0 spiro atoms. The Bertz CT molecular complexity index is 879. The maximum atomic E-state index is 12.3. The zero-order valence-corrected chi connectivity index (χ0v) is 30.5. The fourth-order valence-electron chi connectivity index (χ4n) is 5.18. The molecule has 0 radical (unpaired) electrons. The highest BCUT2D eigenvalue weighted by molar-refractivity contribution is 5.76. The molecule has 0 bridgehead atoms. The van der Waals surface area contributed by atoms with Crippen molar-refractivity contribution in [3.05, 3.63) is 85.1 Å². The molecule has 0 aromatic heterocycles. The first-order valence-electron chi connectivity index (χ1n) is 19.3. The minimum Gasteiger partial charge on any atom is -0.394 e. The lowest BCUT2D eigenvalue weighted by Gasteiger charge is -2.20. The number of unbranched alkanes of at least 4 members (excludes halogenated alkanes) is 14. The third kappa shape index (κ3) is 34.7. The number of carbonyl (C=O) groups is 1. The van der Waals surface area contributed by atoms with Crippen LogP contribution in [0.3, 0.4) is 0 Å². The van der Waals surface area contributed by atoms with Gasteiger partial charge in [0.15, 0.2) is 0 Å². The molecule has 3 N–H and O–H groups in total. The first-order chi connectivity index (χ1) is 23.2. The van der Waals surface area contributed by atoms with Gasteiger partial charge in [0, 0.05) is 6.42 Å². The third-order valence-electron chi connectivity index (χ3n) is 8.13. The molecule has 47 heavy (non-hydrogen) atoms. The number of amides is 1. The predicted molar refractivity (Wildman–Crippen MR) is 207 cm³/mol. The van der Waals surface area contributed by atoms with Crippen LogP contribution in [0.15, 0.2) is 85.1 Å². The number of rotatable bonds is 33. The van der Waals surface area contributed by atoms with Gasteiger partial charge in [0.05, 0.1) is 18.8 Å². The van der Waals surface area contributed by atoms with Gasteiger partial charge in [-0.15, -0.1) is 0 Å². The van der Waals surface area contributed by atoms with Crippen LogP contribution < -0.4 is 5.32 Å². The molecule has 0 rings (SSSR count). The second-order valence-electron chi connectivity index (χ2n) is 12.6. The summed E-state index contributed by atoms with van der Waals surface area (Å²) in [5.74, 6) is -0.0816. The first-order valence-corrected chi connectivity index (χ1v) is 19.3. The lowest BCUT2D eigenvalue weighted by atomic mass is 10.1. The van der Waals surface area contributed by atoms with Gasteiger partial charge in [-0.2, -0.15) is 0 Å². The summed E-state index contributed by atoms with van der Waals surface area (Å²) in [6.45, 7) is 4.13. The zero-order chi connectivity index (χ0) is 34.3. The second-order valence-corrected chi connectivity index (χ2v) is 12.6. The Morgan fingerprint density at radius 3 is 1.40 bits per heavy atom. The molecule has 0 saturated carbocycles. The summed E-state index contributed by atoms with van der Waals surface area (Å²) in [7, 11) is 0. The molecule has 1 amide bonds. The first kappa shape index (κ1) is 44.6. The van der Waals surface area contributed by atoms with Gasteiger partial charge in [-0.25, -0.2) is 0 Å². The van der Waals surface area contributed by atoms with E-state index >= 15 is 0 Å². The molecular weight excluding hydrogens is 578 g/mol. The van der Waals surface area contributed by atoms with E-state index in [2.05, 4.69) is 92.1 Å². The van der Waals surface area contributed by atoms with Crippen molar-refractivity contribution >= 4 is 5.91 Å². The summed E-state index contributed by atoms with van der Waals surface area (Å²) in [6, 6.07) is -0.628. The van der Waals surface area contributed by atoms with Crippen molar-refractivity contribution in [2.75, 3.05) is 6.61 Å². The third-order valence-corrected chi connectivity index (χ3v) is 8.13.